The summed E-state index contributed by atoms with van der Waals surface area (Å²) in [4.78, 5) is 27.4. The summed E-state index contributed by atoms with van der Waals surface area (Å²) in [5.74, 6) is 1.38. The Morgan fingerprint density at radius 2 is 1.79 bits per heavy atom. The minimum absolute atomic E-state index is 0. The maximum absolute atomic E-state index is 13.3. The van der Waals surface area contributed by atoms with Crippen molar-refractivity contribution in [1.29, 1.82) is 0 Å². The first-order valence-electron chi connectivity index (χ1n) is 10.4. The summed E-state index contributed by atoms with van der Waals surface area (Å²) < 4.78 is 5.24. The van der Waals surface area contributed by atoms with Crippen LogP contribution in [0, 0.1) is 17.8 Å². The summed E-state index contributed by atoms with van der Waals surface area (Å²) >= 11 is 0. The standard InChI is InChI=1S/C22H31N3O3.ClH/c1-25-19(26)12-18(21(25)13-6-8-17(28-2)9-7-13)22(27)24-20-14-4-3-5-15(20)11-16(23)10-14;/h6-9,14-16,18,20-21H,3-5,10-12,23H2,1-2H3,(H,24,27);1H. The van der Waals surface area contributed by atoms with Crippen LogP contribution in [0.25, 0.3) is 0 Å². The number of rotatable bonds is 4. The molecule has 160 valence electrons. The zero-order valence-corrected chi connectivity index (χ0v) is 18.0. The van der Waals surface area contributed by atoms with Crippen molar-refractivity contribution in [1.82, 2.24) is 10.2 Å². The maximum atomic E-state index is 13.3. The van der Waals surface area contributed by atoms with Gasteiger partial charge < -0.3 is 20.7 Å². The van der Waals surface area contributed by atoms with Gasteiger partial charge in [-0.15, -0.1) is 12.4 Å². The molecule has 1 heterocycles. The maximum Gasteiger partial charge on any atom is 0.226 e. The topological polar surface area (TPSA) is 84.7 Å². The summed E-state index contributed by atoms with van der Waals surface area (Å²) in [6.07, 6.45) is 5.76. The van der Waals surface area contributed by atoms with Crippen LogP contribution in [0.2, 0.25) is 0 Å². The molecule has 4 unspecified atom stereocenters. The number of amides is 2. The van der Waals surface area contributed by atoms with Gasteiger partial charge in [-0.2, -0.15) is 0 Å². The lowest BCUT2D eigenvalue weighted by Crippen LogP contribution is -2.55. The van der Waals surface area contributed by atoms with E-state index in [-0.39, 0.29) is 54.7 Å². The Bertz CT molecular complexity index is 727. The predicted octanol–water partition coefficient (Wildman–Crippen LogP) is 2.66. The number of nitrogens with zero attached hydrogens (tertiary/aromatic N) is 1. The van der Waals surface area contributed by atoms with Gasteiger partial charge in [0.25, 0.3) is 0 Å². The van der Waals surface area contributed by atoms with Gasteiger partial charge in [-0.3, -0.25) is 9.59 Å². The van der Waals surface area contributed by atoms with E-state index < -0.39 is 0 Å². The second kappa shape index (κ2) is 8.92. The number of likely N-dealkylation sites (tertiary alicyclic amines) is 1. The second-order valence-corrected chi connectivity index (χ2v) is 8.75. The van der Waals surface area contributed by atoms with Gasteiger partial charge in [-0.05, 0) is 55.2 Å². The molecule has 1 aromatic rings. The van der Waals surface area contributed by atoms with Crippen LogP contribution in [-0.4, -0.2) is 43.0 Å². The van der Waals surface area contributed by atoms with Crippen molar-refractivity contribution >= 4 is 24.2 Å². The van der Waals surface area contributed by atoms with Crippen LogP contribution in [-0.2, 0) is 9.59 Å². The average molecular weight is 422 g/mol. The van der Waals surface area contributed by atoms with Crippen LogP contribution < -0.4 is 15.8 Å². The highest BCUT2D eigenvalue weighted by atomic mass is 35.5. The molecule has 1 saturated heterocycles. The van der Waals surface area contributed by atoms with E-state index >= 15 is 0 Å². The summed E-state index contributed by atoms with van der Waals surface area (Å²) in [6, 6.07) is 7.90. The summed E-state index contributed by atoms with van der Waals surface area (Å²) in [6.45, 7) is 0. The number of nitrogens with one attached hydrogen (secondary N) is 1. The zero-order valence-electron chi connectivity index (χ0n) is 17.2. The van der Waals surface area contributed by atoms with Crippen molar-refractivity contribution in [2.75, 3.05) is 14.2 Å². The van der Waals surface area contributed by atoms with Gasteiger partial charge in [-0.1, -0.05) is 18.6 Å². The normalized spacial score (nSPS) is 33.8. The molecule has 2 bridgehead atoms. The van der Waals surface area contributed by atoms with E-state index in [0.717, 1.165) is 37.0 Å². The number of ether oxygens (including phenoxy) is 1. The van der Waals surface area contributed by atoms with Crippen LogP contribution in [0.15, 0.2) is 24.3 Å². The number of hydrogen-bond acceptors (Lipinski definition) is 4. The third-order valence-electron chi connectivity index (χ3n) is 7.07. The Balaban J connectivity index is 0.00000240. The number of hydrogen-bond donors (Lipinski definition) is 2. The first kappa shape index (κ1) is 21.9. The van der Waals surface area contributed by atoms with Crippen LogP contribution in [0.3, 0.4) is 0 Å². The van der Waals surface area contributed by atoms with Crippen molar-refractivity contribution in [2.24, 2.45) is 23.5 Å². The molecule has 3 aliphatic rings. The molecule has 1 aromatic carbocycles. The zero-order chi connectivity index (χ0) is 19.8. The van der Waals surface area contributed by atoms with Gasteiger partial charge in [0.15, 0.2) is 0 Å². The molecule has 0 spiro atoms. The van der Waals surface area contributed by atoms with E-state index in [4.69, 9.17) is 10.5 Å². The summed E-state index contributed by atoms with van der Waals surface area (Å²) in [7, 11) is 3.42. The Hall–Kier alpha value is -1.79. The number of fused-ring (bicyclic) bond motifs is 2. The third kappa shape index (κ3) is 4.24. The molecule has 3 fully saturated rings. The number of carbonyl (C=O) groups excluding carboxylic acids is 2. The highest BCUT2D eigenvalue weighted by Crippen LogP contribution is 2.41. The largest absolute Gasteiger partial charge is 0.497 e. The second-order valence-electron chi connectivity index (χ2n) is 8.75. The lowest BCUT2D eigenvalue weighted by atomic mass is 9.67. The van der Waals surface area contributed by atoms with E-state index in [0.29, 0.717) is 11.8 Å². The lowest BCUT2D eigenvalue weighted by Gasteiger charge is -2.45. The molecule has 2 aliphatic carbocycles. The van der Waals surface area contributed by atoms with Gasteiger partial charge in [0.05, 0.1) is 19.1 Å². The van der Waals surface area contributed by atoms with E-state index in [1.54, 1.807) is 19.1 Å². The molecule has 2 amide bonds. The van der Waals surface area contributed by atoms with Gasteiger partial charge in [-0.25, -0.2) is 0 Å². The fraction of sp³-hybridized carbons (Fsp3) is 0.636. The highest BCUT2D eigenvalue weighted by molar-refractivity contribution is 5.90. The molecular formula is C22H32ClN3O3. The van der Waals surface area contributed by atoms with Crippen molar-refractivity contribution in [3.8, 4) is 5.75 Å². The smallest absolute Gasteiger partial charge is 0.226 e. The fourth-order valence-corrected chi connectivity index (χ4v) is 5.66. The SMILES string of the molecule is COc1ccc(C2C(C(=O)NC3C4CCCC3CC(N)C4)CC(=O)N2C)cc1.Cl. The third-order valence-corrected chi connectivity index (χ3v) is 7.07. The number of benzene rings is 1. The van der Waals surface area contributed by atoms with E-state index in [1.165, 1.54) is 6.42 Å². The van der Waals surface area contributed by atoms with Crippen LogP contribution in [0.4, 0.5) is 0 Å². The molecule has 0 aromatic heterocycles. The van der Waals surface area contributed by atoms with E-state index in [1.807, 2.05) is 24.3 Å². The average Bonchev–Trinajstić information content (AvgIpc) is 2.97. The van der Waals surface area contributed by atoms with Crippen molar-refractivity contribution < 1.29 is 14.3 Å². The van der Waals surface area contributed by atoms with Gasteiger partial charge in [0.1, 0.15) is 5.75 Å². The predicted molar refractivity (Wildman–Crippen MR) is 114 cm³/mol. The lowest BCUT2D eigenvalue weighted by molar-refractivity contribution is -0.129. The number of methoxy groups -OCH3 is 1. The highest BCUT2D eigenvalue weighted by Gasteiger charge is 2.45. The van der Waals surface area contributed by atoms with Crippen LogP contribution in [0.1, 0.15) is 50.1 Å². The Morgan fingerprint density at radius 1 is 1.17 bits per heavy atom. The summed E-state index contributed by atoms with van der Waals surface area (Å²) in [5.41, 5.74) is 7.20. The number of halogens is 1. The molecule has 7 heteroatoms. The Morgan fingerprint density at radius 3 is 2.38 bits per heavy atom. The van der Waals surface area contributed by atoms with Crippen molar-refractivity contribution in [3.05, 3.63) is 29.8 Å². The monoisotopic (exact) mass is 421 g/mol. The Labute approximate surface area is 178 Å². The van der Waals surface area contributed by atoms with Gasteiger partial charge in [0.2, 0.25) is 11.8 Å². The molecule has 6 nitrogen and oxygen atoms in total. The molecule has 1 aliphatic heterocycles. The molecule has 3 N–H and O–H groups in total. The van der Waals surface area contributed by atoms with Gasteiger partial charge in [0, 0.05) is 25.6 Å². The van der Waals surface area contributed by atoms with E-state index in [9.17, 15) is 9.59 Å². The fourth-order valence-electron chi connectivity index (χ4n) is 5.66. The molecule has 4 atom stereocenters. The van der Waals surface area contributed by atoms with E-state index in [2.05, 4.69) is 5.32 Å². The molecule has 2 saturated carbocycles. The first-order valence-corrected chi connectivity index (χ1v) is 10.4. The van der Waals surface area contributed by atoms with Crippen LogP contribution in [0.5, 0.6) is 5.75 Å². The van der Waals surface area contributed by atoms with Crippen molar-refractivity contribution in [3.63, 3.8) is 0 Å². The van der Waals surface area contributed by atoms with Crippen molar-refractivity contribution in [2.45, 2.75) is 56.7 Å². The van der Waals surface area contributed by atoms with Gasteiger partial charge >= 0.3 is 0 Å². The number of carbonyl (C=O) groups is 2. The molecule has 29 heavy (non-hydrogen) atoms. The Kier molecular flexibility index (Phi) is 6.74. The quantitative estimate of drug-likeness (QED) is 0.782. The molecular weight excluding hydrogens is 390 g/mol. The number of nitrogens with two attached hydrogens (primary N) is 1. The first-order chi connectivity index (χ1) is 13.5. The minimum atomic E-state index is -0.359. The molecule has 4 rings (SSSR count). The molecule has 0 radical (unpaired) electrons. The minimum Gasteiger partial charge on any atom is -0.497 e. The van der Waals surface area contributed by atoms with Crippen LogP contribution >= 0.6 is 12.4 Å². The summed E-state index contributed by atoms with van der Waals surface area (Å²) in [5, 5.41) is 3.35.